The minimum Gasteiger partial charge on any atom is -0.339 e. The molecule has 1 saturated heterocycles. The van der Waals surface area contributed by atoms with E-state index < -0.39 is 0 Å². The van der Waals surface area contributed by atoms with Gasteiger partial charge < -0.3 is 9.80 Å². The van der Waals surface area contributed by atoms with Gasteiger partial charge in [-0.25, -0.2) is 9.37 Å². The summed E-state index contributed by atoms with van der Waals surface area (Å²) in [4.78, 5) is 36.0. The van der Waals surface area contributed by atoms with Gasteiger partial charge in [0.05, 0.1) is 17.1 Å². The lowest BCUT2D eigenvalue weighted by molar-refractivity contribution is -0.131. The molecule has 0 bridgehead atoms. The third kappa shape index (κ3) is 4.19. The lowest BCUT2D eigenvalue weighted by atomic mass is 10.1. The summed E-state index contributed by atoms with van der Waals surface area (Å²) in [6.07, 6.45) is 4.64. The molecule has 1 aromatic carbocycles. The molecule has 25 heavy (non-hydrogen) atoms. The summed E-state index contributed by atoms with van der Waals surface area (Å²) in [6, 6.07) is 4.55. The van der Waals surface area contributed by atoms with Gasteiger partial charge in [-0.15, -0.1) is 0 Å². The first-order valence-corrected chi connectivity index (χ1v) is 8.61. The maximum absolute atomic E-state index is 13.3. The third-order valence-electron chi connectivity index (χ3n) is 4.04. The minimum absolute atomic E-state index is 0.0369. The van der Waals surface area contributed by atoms with Crippen molar-refractivity contribution in [3.05, 3.63) is 58.3 Å². The van der Waals surface area contributed by atoms with Crippen molar-refractivity contribution in [1.29, 1.82) is 0 Å². The zero-order valence-corrected chi connectivity index (χ0v) is 14.9. The highest BCUT2D eigenvalue weighted by molar-refractivity contribution is 9.10. The number of benzene rings is 1. The standard InChI is InChI=1S/C17H16BrFN4O2/c18-13-9-12(1-2-14(13)19)10-16(24)22-5-7-23(8-6-22)17(25)15-11-20-3-4-21-15/h1-4,9,11H,5-8,10H2. The molecule has 2 aromatic rings. The lowest BCUT2D eigenvalue weighted by Gasteiger charge is -2.34. The smallest absolute Gasteiger partial charge is 0.274 e. The highest BCUT2D eigenvalue weighted by atomic mass is 79.9. The molecule has 0 unspecified atom stereocenters. The number of carbonyl (C=O) groups is 2. The van der Waals surface area contributed by atoms with Gasteiger partial charge in [0.2, 0.25) is 5.91 Å². The van der Waals surface area contributed by atoms with E-state index in [9.17, 15) is 14.0 Å². The Kier molecular flexibility index (Phi) is 5.37. The molecule has 0 spiro atoms. The summed E-state index contributed by atoms with van der Waals surface area (Å²) in [5.74, 6) is -0.569. The van der Waals surface area contributed by atoms with E-state index in [0.29, 0.717) is 36.3 Å². The largest absolute Gasteiger partial charge is 0.339 e. The van der Waals surface area contributed by atoms with Crippen molar-refractivity contribution in [3.8, 4) is 0 Å². The van der Waals surface area contributed by atoms with E-state index in [0.717, 1.165) is 5.56 Å². The van der Waals surface area contributed by atoms with Gasteiger partial charge in [0.15, 0.2) is 0 Å². The Morgan fingerprint density at radius 3 is 2.48 bits per heavy atom. The van der Waals surface area contributed by atoms with Crippen molar-refractivity contribution < 1.29 is 14.0 Å². The summed E-state index contributed by atoms with van der Waals surface area (Å²) < 4.78 is 13.6. The molecule has 1 aliphatic heterocycles. The van der Waals surface area contributed by atoms with Crippen LogP contribution in [0, 0.1) is 5.82 Å². The lowest BCUT2D eigenvalue weighted by Crippen LogP contribution is -2.51. The van der Waals surface area contributed by atoms with Gasteiger partial charge in [-0.3, -0.25) is 14.6 Å². The second-order valence-electron chi connectivity index (χ2n) is 5.69. The topological polar surface area (TPSA) is 66.4 Å². The van der Waals surface area contributed by atoms with E-state index in [4.69, 9.17) is 0 Å². The molecule has 8 heteroatoms. The van der Waals surface area contributed by atoms with Crippen molar-refractivity contribution in [3.63, 3.8) is 0 Å². The Hall–Kier alpha value is -2.35. The first kappa shape index (κ1) is 17.5. The van der Waals surface area contributed by atoms with Crippen LogP contribution in [0.3, 0.4) is 0 Å². The van der Waals surface area contributed by atoms with Crippen molar-refractivity contribution >= 4 is 27.7 Å². The van der Waals surface area contributed by atoms with Gasteiger partial charge >= 0.3 is 0 Å². The summed E-state index contributed by atoms with van der Waals surface area (Å²) in [6.45, 7) is 1.84. The monoisotopic (exact) mass is 406 g/mol. The van der Waals surface area contributed by atoms with Crippen LogP contribution in [-0.4, -0.2) is 57.8 Å². The number of rotatable bonds is 3. The molecule has 1 aromatic heterocycles. The molecular formula is C17H16BrFN4O2. The van der Waals surface area contributed by atoms with E-state index in [-0.39, 0.29) is 24.1 Å². The molecule has 1 fully saturated rings. The van der Waals surface area contributed by atoms with Gasteiger partial charge in [-0.1, -0.05) is 6.07 Å². The minimum atomic E-state index is -0.354. The molecule has 0 N–H and O–H groups in total. The van der Waals surface area contributed by atoms with Crippen molar-refractivity contribution in [1.82, 2.24) is 19.8 Å². The summed E-state index contributed by atoms with van der Waals surface area (Å²) in [5, 5.41) is 0. The first-order valence-electron chi connectivity index (χ1n) is 7.81. The van der Waals surface area contributed by atoms with E-state index in [2.05, 4.69) is 25.9 Å². The van der Waals surface area contributed by atoms with Gasteiger partial charge in [0.25, 0.3) is 5.91 Å². The zero-order chi connectivity index (χ0) is 17.8. The summed E-state index contributed by atoms with van der Waals surface area (Å²) in [5.41, 5.74) is 1.05. The molecule has 6 nitrogen and oxygen atoms in total. The van der Waals surface area contributed by atoms with Gasteiger partial charge in [-0.05, 0) is 33.6 Å². The van der Waals surface area contributed by atoms with Crippen LogP contribution in [0.2, 0.25) is 0 Å². The molecule has 130 valence electrons. The Balaban J connectivity index is 1.55. The number of nitrogens with zero attached hydrogens (tertiary/aromatic N) is 4. The van der Waals surface area contributed by atoms with Crippen LogP contribution in [0.1, 0.15) is 16.1 Å². The van der Waals surface area contributed by atoms with E-state index in [1.54, 1.807) is 21.9 Å². The highest BCUT2D eigenvalue weighted by Crippen LogP contribution is 2.18. The fraction of sp³-hybridized carbons (Fsp3) is 0.294. The number of halogens is 2. The van der Waals surface area contributed by atoms with Crippen LogP contribution in [0.5, 0.6) is 0 Å². The Bertz CT molecular complexity index is 779. The van der Waals surface area contributed by atoms with Crippen LogP contribution < -0.4 is 0 Å². The fourth-order valence-corrected chi connectivity index (χ4v) is 3.09. The Labute approximate surface area is 152 Å². The van der Waals surface area contributed by atoms with E-state index in [1.165, 1.54) is 24.7 Å². The van der Waals surface area contributed by atoms with Crippen LogP contribution >= 0.6 is 15.9 Å². The molecular weight excluding hydrogens is 391 g/mol. The van der Waals surface area contributed by atoms with Crippen LogP contribution in [-0.2, 0) is 11.2 Å². The van der Waals surface area contributed by atoms with Crippen molar-refractivity contribution in [2.45, 2.75) is 6.42 Å². The zero-order valence-electron chi connectivity index (χ0n) is 13.4. The first-order chi connectivity index (χ1) is 12.0. The van der Waals surface area contributed by atoms with Crippen LogP contribution in [0.15, 0.2) is 41.3 Å². The normalized spacial score (nSPS) is 14.5. The van der Waals surface area contributed by atoms with Crippen LogP contribution in [0.25, 0.3) is 0 Å². The molecule has 3 rings (SSSR count). The number of aromatic nitrogens is 2. The number of hydrogen-bond donors (Lipinski definition) is 0. The number of hydrogen-bond acceptors (Lipinski definition) is 4. The predicted molar refractivity (Wildman–Crippen MR) is 92.3 cm³/mol. The van der Waals surface area contributed by atoms with E-state index in [1.807, 2.05) is 0 Å². The number of carbonyl (C=O) groups excluding carboxylic acids is 2. The number of amides is 2. The van der Waals surface area contributed by atoms with Gasteiger partial charge in [0, 0.05) is 38.6 Å². The third-order valence-corrected chi connectivity index (χ3v) is 4.65. The van der Waals surface area contributed by atoms with Gasteiger partial charge in [-0.2, -0.15) is 0 Å². The molecule has 2 amide bonds. The Morgan fingerprint density at radius 2 is 1.84 bits per heavy atom. The SMILES string of the molecule is O=C(Cc1ccc(F)c(Br)c1)N1CCN(C(=O)c2cnccn2)CC1. The highest BCUT2D eigenvalue weighted by Gasteiger charge is 2.25. The van der Waals surface area contributed by atoms with Crippen molar-refractivity contribution in [2.24, 2.45) is 0 Å². The maximum atomic E-state index is 13.3. The molecule has 0 atom stereocenters. The van der Waals surface area contributed by atoms with Crippen molar-refractivity contribution in [2.75, 3.05) is 26.2 Å². The summed E-state index contributed by atoms with van der Waals surface area (Å²) >= 11 is 3.12. The number of piperazine rings is 1. The second kappa shape index (κ2) is 7.69. The molecule has 0 radical (unpaired) electrons. The second-order valence-corrected chi connectivity index (χ2v) is 6.54. The molecule has 1 aliphatic rings. The fourth-order valence-electron chi connectivity index (χ4n) is 2.67. The summed E-state index contributed by atoms with van der Waals surface area (Å²) in [7, 11) is 0. The molecule has 0 aliphatic carbocycles. The predicted octanol–water partition coefficient (Wildman–Crippen LogP) is 1.91. The molecule has 2 heterocycles. The Morgan fingerprint density at radius 1 is 1.12 bits per heavy atom. The van der Waals surface area contributed by atoms with Crippen LogP contribution in [0.4, 0.5) is 4.39 Å². The average Bonchev–Trinajstić information content (AvgIpc) is 2.65. The maximum Gasteiger partial charge on any atom is 0.274 e. The molecule has 0 saturated carbocycles. The van der Waals surface area contributed by atoms with Gasteiger partial charge in [0.1, 0.15) is 11.5 Å². The van der Waals surface area contributed by atoms with E-state index >= 15 is 0 Å². The average molecular weight is 407 g/mol. The quantitative estimate of drug-likeness (QED) is 0.780.